The molecule has 0 aliphatic heterocycles. The van der Waals surface area contributed by atoms with Crippen molar-refractivity contribution in [2.24, 2.45) is 0 Å². The van der Waals surface area contributed by atoms with Gasteiger partial charge in [0.15, 0.2) is 0 Å². The van der Waals surface area contributed by atoms with Crippen molar-refractivity contribution >= 4 is 40.5 Å². The van der Waals surface area contributed by atoms with Crippen LogP contribution in [0.25, 0.3) is 0 Å². The molecule has 0 bridgehead atoms. The van der Waals surface area contributed by atoms with Crippen LogP contribution in [0.1, 0.15) is 0 Å². The molecule has 0 aliphatic rings. The van der Waals surface area contributed by atoms with Gasteiger partial charge in [-0.25, -0.2) is 0 Å². The van der Waals surface area contributed by atoms with Gasteiger partial charge in [0.2, 0.25) is 0 Å². The highest BCUT2D eigenvalue weighted by Crippen LogP contribution is 2.25. The van der Waals surface area contributed by atoms with Crippen LogP contribution in [0.3, 0.4) is 0 Å². The van der Waals surface area contributed by atoms with Crippen LogP contribution >= 0.6 is 34.8 Å². The van der Waals surface area contributed by atoms with Crippen molar-refractivity contribution < 1.29 is 0 Å². The molecule has 0 atom stereocenters. The van der Waals surface area contributed by atoms with E-state index in [4.69, 9.17) is 34.8 Å². The van der Waals surface area contributed by atoms with E-state index in [2.05, 4.69) is 5.32 Å². The number of alkyl halides is 1. The monoisotopic (exact) mass is 209 g/mol. The molecule has 0 spiro atoms. The Morgan fingerprint density at radius 2 is 2.00 bits per heavy atom. The van der Waals surface area contributed by atoms with Crippen LogP contribution in [0.5, 0.6) is 0 Å². The van der Waals surface area contributed by atoms with E-state index in [0.717, 1.165) is 5.69 Å². The van der Waals surface area contributed by atoms with Crippen molar-refractivity contribution in [3.8, 4) is 0 Å². The second-order valence-electron chi connectivity index (χ2n) is 1.93. The summed E-state index contributed by atoms with van der Waals surface area (Å²) in [4.78, 5) is 0. The summed E-state index contributed by atoms with van der Waals surface area (Å²) >= 11 is 17.0. The van der Waals surface area contributed by atoms with Crippen molar-refractivity contribution in [2.75, 3.05) is 11.3 Å². The van der Waals surface area contributed by atoms with Crippen molar-refractivity contribution in [1.82, 2.24) is 0 Å². The molecular formula is C7H6Cl3N. The second kappa shape index (κ2) is 4.05. The number of rotatable bonds is 2. The molecule has 4 heteroatoms. The SMILES string of the molecule is ClCNc1cc(Cl)ccc1Cl. The van der Waals surface area contributed by atoms with Crippen molar-refractivity contribution in [2.45, 2.75) is 0 Å². The van der Waals surface area contributed by atoms with Gasteiger partial charge in [0.1, 0.15) is 0 Å². The molecule has 11 heavy (non-hydrogen) atoms. The molecule has 1 aromatic rings. The number of hydrogen-bond donors (Lipinski definition) is 1. The molecule has 0 amide bonds. The van der Waals surface area contributed by atoms with Gasteiger partial charge in [-0.05, 0) is 18.2 Å². The lowest BCUT2D eigenvalue weighted by atomic mass is 10.3. The number of anilines is 1. The normalized spacial score (nSPS) is 9.73. The van der Waals surface area contributed by atoms with E-state index in [0.29, 0.717) is 16.0 Å². The molecule has 1 N–H and O–H groups in total. The van der Waals surface area contributed by atoms with Crippen LogP contribution in [-0.4, -0.2) is 6.00 Å². The van der Waals surface area contributed by atoms with Gasteiger partial charge in [0, 0.05) is 5.02 Å². The van der Waals surface area contributed by atoms with E-state index in [-0.39, 0.29) is 0 Å². The number of hydrogen-bond acceptors (Lipinski definition) is 1. The average molecular weight is 210 g/mol. The maximum atomic E-state index is 5.80. The van der Waals surface area contributed by atoms with Gasteiger partial charge in [-0.15, -0.1) is 11.6 Å². The highest BCUT2D eigenvalue weighted by atomic mass is 35.5. The molecule has 1 rings (SSSR count). The molecular weight excluding hydrogens is 204 g/mol. The fraction of sp³-hybridized carbons (Fsp3) is 0.143. The zero-order valence-electron chi connectivity index (χ0n) is 5.57. The molecule has 1 nitrogen and oxygen atoms in total. The van der Waals surface area contributed by atoms with Crippen LogP contribution < -0.4 is 5.32 Å². The van der Waals surface area contributed by atoms with Gasteiger partial charge in [-0.1, -0.05) is 23.2 Å². The number of benzene rings is 1. The third-order valence-corrected chi connectivity index (χ3v) is 1.88. The van der Waals surface area contributed by atoms with Gasteiger partial charge in [-0.3, -0.25) is 0 Å². The zero-order chi connectivity index (χ0) is 8.27. The molecule has 0 radical (unpaired) electrons. The summed E-state index contributed by atoms with van der Waals surface area (Å²) in [5.41, 5.74) is 0.758. The summed E-state index contributed by atoms with van der Waals surface area (Å²) in [5, 5.41) is 4.13. The molecule has 0 heterocycles. The summed E-state index contributed by atoms with van der Waals surface area (Å²) in [6.45, 7) is 0. The van der Waals surface area contributed by atoms with Gasteiger partial charge in [-0.2, -0.15) is 0 Å². The van der Waals surface area contributed by atoms with Gasteiger partial charge < -0.3 is 5.32 Å². The first-order valence-electron chi connectivity index (χ1n) is 2.99. The minimum Gasteiger partial charge on any atom is -0.370 e. The largest absolute Gasteiger partial charge is 0.370 e. The molecule has 0 saturated heterocycles. The van der Waals surface area contributed by atoms with Crippen molar-refractivity contribution in [3.63, 3.8) is 0 Å². The number of nitrogens with one attached hydrogen (secondary N) is 1. The topological polar surface area (TPSA) is 12.0 Å². The van der Waals surface area contributed by atoms with Crippen LogP contribution in [0.15, 0.2) is 18.2 Å². The summed E-state index contributed by atoms with van der Waals surface area (Å²) in [6, 6.07) is 5.49. The van der Waals surface area contributed by atoms with Gasteiger partial charge >= 0.3 is 0 Å². The van der Waals surface area contributed by atoms with Gasteiger partial charge in [0.05, 0.1) is 16.7 Å². The summed E-state index contributed by atoms with van der Waals surface area (Å²) in [5.74, 6) is 0. The second-order valence-corrected chi connectivity index (χ2v) is 3.05. The lowest BCUT2D eigenvalue weighted by molar-refractivity contribution is 1.45. The Balaban J connectivity index is 2.93. The van der Waals surface area contributed by atoms with Crippen LogP contribution in [-0.2, 0) is 0 Å². The lowest BCUT2D eigenvalue weighted by Crippen LogP contribution is -1.94. The maximum Gasteiger partial charge on any atom is 0.0902 e. The Hall–Kier alpha value is -0.110. The third-order valence-electron chi connectivity index (χ3n) is 1.19. The first kappa shape index (κ1) is 8.98. The Morgan fingerprint density at radius 3 is 2.64 bits per heavy atom. The predicted molar refractivity (Wildman–Crippen MR) is 50.8 cm³/mol. The summed E-state index contributed by atoms with van der Waals surface area (Å²) in [6.07, 6.45) is 0. The highest BCUT2D eigenvalue weighted by molar-refractivity contribution is 6.35. The fourth-order valence-electron chi connectivity index (χ4n) is 0.705. The number of halogens is 3. The minimum absolute atomic E-state index is 0.320. The maximum absolute atomic E-state index is 5.80. The smallest absolute Gasteiger partial charge is 0.0902 e. The van der Waals surface area contributed by atoms with Crippen molar-refractivity contribution in [1.29, 1.82) is 0 Å². The van der Waals surface area contributed by atoms with Crippen LogP contribution in [0, 0.1) is 0 Å². The molecule has 0 aliphatic carbocycles. The Morgan fingerprint density at radius 1 is 1.27 bits per heavy atom. The highest BCUT2D eigenvalue weighted by Gasteiger charge is 1.98. The zero-order valence-corrected chi connectivity index (χ0v) is 7.84. The predicted octanol–water partition coefficient (Wildman–Crippen LogP) is 3.60. The summed E-state index contributed by atoms with van der Waals surface area (Å²) < 4.78 is 0. The third kappa shape index (κ3) is 2.44. The Kier molecular flexibility index (Phi) is 3.31. The quantitative estimate of drug-likeness (QED) is 0.581. The molecule has 1 aromatic carbocycles. The summed E-state index contributed by atoms with van der Waals surface area (Å²) in [7, 11) is 0. The van der Waals surface area contributed by atoms with E-state index in [9.17, 15) is 0 Å². The molecule has 0 unspecified atom stereocenters. The average Bonchev–Trinajstić information content (AvgIpc) is 1.98. The van der Waals surface area contributed by atoms with E-state index in [1.54, 1.807) is 18.2 Å². The van der Waals surface area contributed by atoms with E-state index in [1.807, 2.05) is 0 Å². The molecule has 0 saturated carbocycles. The standard InChI is InChI=1S/C7H6Cl3N/c8-4-11-7-3-5(9)1-2-6(7)10/h1-3,11H,4H2. The van der Waals surface area contributed by atoms with E-state index < -0.39 is 0 Å². The Labute approximate surface area is 80.3 Å². The molecule has 60 valence electrons. The first-order valence-corrected chi connectivity index (χ1v) is 4.28. The van der Waals surface area contributed by atoms with Crippen LogP contribution in [0.4, 0.5) is 5.69 Å². The van der Waals surface area contributed by atoms with Crippen molar-refractivity contribution in [3.05, 3.63) is 28.2 Å². The lowest BCUT2D eigenvalue weighted by Gasteiger charge is -2.04. The minimum atomic E-state index is 0.320. The first-order chi connectivity index (χ1) is 5.24. The molecule has 0 aromatic heterocycles. The Bertz CT molecular complexity index is 249. The van der Waals surface area contributed by atoms with Crippen LogP contribution in [0.2, 0.25) is 10.0 Å². The van der Waals surface area contributed by atoms with Gasteiger partial charge in [0.25, 0.3) is 0 Å². The van der Waals surface area contributed by atoms with E-state index >= 15 is 0 Å². The molecule has 0 fully saturated rings. The fourth-order valence-corrected chi connectivity index (χ4v) is 1.21. The van der Waals surface area contributed by atoms with E-state index in [1.165, 1.54) is 0 Å².